The van der Waals surface area contributed by atoms with Crippen molar-refractivity contribution < 1.29 is 9.59 Å². The maximum atomic E-state index is 12.6. The zero-order chi connectivity index (χ0) is 22.5. The van der Waals surface area contributed by atoms with E-state index < -0.39 is 5.56 Å². The molecule has 3 aromatic rings. The highest BCUT2D eigenvalue weighted by atomic mass is 35.5. The number of hydrogen-bond donors (Lipinski definition) is 3. The molecule has 0 aliphatic carbocycles. The van der Waals surface area contributed by atoms with Crippen molar-refractivity contribution in [2.24, 2.45) is 0 Å². The summed E-state index contributed by atoms with van der Waals surface area (Å²) in [4.78, 5) is 38.9. The molecule has 1 aromatic heterocycles. The third-order valence-electron chi connectivity index (χ3n) is 4.22. The van der Waals surface area contributed by atoms with Crippen molar-refractivity contribution in [3.63, 3.8) is 0 Å². The molecule has 8 nitrogen and oxygen atoms in total. The summed E-state index contributed by atoms with van der Waals surface area (Å²) in [7, 11) is 0. The molecule has 0 aliphatic rings. The number of thioether (sulfide) groups is 1. The molecule has 160 valence electrons. The highest BCUT2D eigenvalue weighted by molar-refractivity contribution is 7.99. The van der Waals surface area contributed by atoms with Gasteiger partial charge in [0.05, 0.1) is 11.4 Å². The van der Waals surface area contributed by atoms with Gasteiger partial charge in [0.1, 0.15) is 0 Å². The van der Waals surface area contributed by atoms with Crippen LogP contribution in [0.5, 0.6) is 0 Å². The minimum Gasteiger partial charge on any atom is -0.326 e. The van der Waals surface area contributed by atoms with Crippen molar-refractivity contribution in [3.05, 3.63) is 62.9 Å². The van der Waals surface area contributed by atoms with Crippen LogP contribution < -0.4 is 16.2 Å². The molecule has 2 aromatic carbocycles. The van der Waals surface area contributed by atoms with Crippen LogP contribution in [0, 0.1) is 13.8 Å². The Bertz CT molecular complexity index is 1210. The summed E-state index contributed by atoms with van der Waals surface area (Å²) in [5, 5.41) is 14.3. The molecule has 1 heterocycles. The van der Waals surface area contributed by atoms with Gasteiger partial charge in [-0.1, -0.05) is 35.0 Å². The predicted molar refractivity (Wildman–Crippen MR) is 123 cm³/mol. The van der Waals surface area contributed by atoms with Gasteiger partial charge in [-0.15, -0.1) is 10.2 Å². The maximum absolute atomic E-state index is 12.6. The van der Waals surface area contributed by atoms with Crippen molar-refractivity contribution in [2.45, 2.75) is 25.9 Å². The highest BCUT2D eigenvalue weighted by Crippen LogP contribution is 2.26. The van der Waals surface area contributed by atoms with E-state index in [0.29, 0.717) is 22.0 Å². The van der Waals surface area contributed by atoms with Crippen molar-refractivity contribution in [2.75, 3.05) is 16.4 Å². The van der Waals surface area contributed by atoms with E-state index in [1.54, 1.807) is 30.3 Å². The van der Waals surface area contributed by atoms with Gasteiger partial charge in [0.2, 0.25) is 11.8 Å². The molecule has 0 spiro atoms. The van der Waals surface area contributed by atoms with Crippen LogP contribution in [0.25, 0.3) is 11.3 Å². The third-order valence-corrected chi connectivity index (χ3v) is 5.32. The average Bonchev–Trinajstić information content (AvgIpc) is 2.70. The second kappa shape index (κ2) is 9.76. The van der Waals surface area contributed by atoms with E-state index in [4.69, 9.17) is 11.6 Å². The van der Waals surface area contributed by atoms with Gasteiger partial charge in [0.15, 0.2) is 10.9 Å². The quantitative estimate of drug-likeness (QED) is 0.485. The van der Waals surface area contributed by atoms with Crippen LogP contribution in [0.15, 0.2) is 46.3 Å². The number of amides is 2. The lowest BCUT2D eigenvalue weighted by atomic mass is 10.1. The second-order valence-corrected chi connectivity index (χ2v) is 8.23. The van der Waals surface area contributed by atoms with E-state index in [1.165, 1.54) is 6.92 Å². The monoisotopic (exact) mass is 457 g/mol. The Labute approximate surface area is 187 Å². The topological polar surface area (TPSA) is 117 Å². The average molecular weight is 458 g/mol. The van der Waals surface area contributed by atoms with Gasteiger partial charge in [0.25, 0.3) is 5.56 Å². The van der Waals surface area contributed by atoms with Gasteiger partial charge in [-0.05, 0) is 49.7 Å². The molecule has 0 unspecified atom stereocenters. The van der Waals surface area contributed by atoms with Crippen molar-refractivity contribution >= 4 is 46.6 Å². The number of benzene rings is 2. The number of nitrogens with zero attached hydrogens (tertiary/aromatic N) is 2. The van der Waals surface area contributed by atoms with E-state index in [0.717, 1.165) is 22.9 Å². The molecular formula is C21H20ClN5O3S. The van der Waals surface area contributed by atoms with Gasteiger partial charge in [0, 0.05) is 23.2 Å². The van der Waals surface area contributed by atoms with Gasteiger partial charge in [-0.2, -0.15) is 0 Å². The highest BCUT2D eigenvalue weighted by Gasteiger charge is 2.15. The van der Waals surface area contributed by atoms with E-state index in [1.807, 2.05) is 19.9 Å². The number of halogens is 1. The Hall–Kier alpha value is -3.17. The largest absolute Gasteiger partial charge is 0.326 e. The smallest absolute Gasteiger partial charge is 0.278 e. The predicted octanol–water partition coefficient (Wildman–Crippen LogP) is 3.79. The Morgan fingerprint density at radius 3 is 2.48 bits per heavy atom. The first-order valence-electron chi connectivity index (χ1n) is 9.27. The van der Waals surface area contributed by atoms with Crippen molar-refractivity contribution in [1.82, 2.24) is 15.2 Å². The summed E-state index contributed by atoms with van der Waals surface area (Å²) < 4.78 is 0. The van der Waals surface area contributed by atoms with Gasteiger partial charge in [-0.25, -0.2) is 0 Å². The molecule has 3 N–H and O–H groups in total. The first-order valence-corrected chi connectivity index (χ1v) is 10.6. The number of carbonyl (C=O) groups is 2. The summed E-state index contributed by atoms with van der Waals surface area (Å²) in [6.45, 7) is 5.10. The molecule has 3 rings (SSSR count). The molecule has 0 saturated heterocycles. The molecule has 0 saturated carbocycles. The van der Waals surface area contributed by atoms with Crippen LogP contribution in [0.3, 0.4) is 0 Å². The Morgan fingerprint density at radius 2 is 1.81 bits per heavy atom. The van der Waals surface area contributed by atoms with E-state index in [2.05, 4.69) is 25.8 Å². The summed E-state index contributed by atoms with van der Waals surface area (Å²) in [5.74, 6) is -0.481. The first kappa shape index (κ1) is 22.5. The molecule has 0 radical (unpaired) electrons. The minimum absolute atomic E-state index is 0.0353. The Kier molecular flexibility index (Phi) is 7.09. The zero-order valence-electron chi connectivity index (χ0n) is 17.1. The lowest BCUT2D eigenvalue weighted by Gasteiger charge is -2.10. The standard InChI is InChI=1S/C21H20ClN5O3S/c1-11-4-6-17(23-13(3)28)15(8-11)19-20(30)25-21(27-26-19)31-10-18(29)24-16-7-5-14(22)9-12(16)2/h4-9H,10H2,1-3H3,(H,23,28)(H,24,29)(H,25,27,30). The van der Waals surface area contributed by atoms with Gasteiger partial charge >= 0.3 is 0 Å². The summed E-state index contributed by atoms with van der Waals surface area (Å²) in [5.41, 5.74) is 2.96. The van der Waals surface area contributed by atoms with Gasteiger partial charge in [-0.3, -0.25) is 19.4 Å². The van der Waals surface area contributed by atoms with Crippen LogP contribution in [-0.2, 0) is 9.59 Å². The van der Waals surface area contributed by atoms with Crippen LogP contribution in [0.4, 0.5) is 11.4 Å². The Morgan fingerprint density at radius 1 is 1.06 bits per heavy atom. The van der Waals surface area contributed by atoms with Crippen LogP contribution in [0.1, 0.15) is 18.1 Å². The van der Waals surface area contributed by atoms with E-state index >= 15 is 0 Å². The minimum atomic E-state index is -0.469. The lowest BCUT2D eigenvalue weighted by Crippen LogP contribution is -2.18. The zero-order valence-corrected chi connectivity index (χ0v) is 18.6. The third kappa shape index (κ3) is 5.93. The van der Waals surface area contributed by atoms with Crippen LogP contribution in [-0.4, -0.2) is 32.7 Å². The molecule has 0 bridgehead atoms. The normalized spacial score (nSPS) is 10.6. The molecule has 2 amide bonds. The van der Waals surface area contributed by atoms with Crippen LogP contribution >= 0.6 is 23.4 Å². The Balaban J connectivity index is 1.73. The fraction of sp³-hybridized carbons (Fsp3) is 0.190. The summed E-state index contributed by atoms with van der Waals surface area (Å²) in [6, 6.07) is 10.5. The van der Waals surface area contributed by atoms with E-state index in [9.17, 15) is 14.4 Å². The second-order valence-electron chi connectivity index (χ2n) is 6.83. The number of hydrogen-bond acceptors (Lipinski definition) is 6. The van der Waals surface area contributed by atoms with E-state index in [-0.39, 0.29) is 28.4 Å². The SMILES string of the molecule is CC(=O)Nc1ccc(C)cc1-c1nnc(SCC(=O)Nc2ccc(Cl)cc2C)[nH]c1=O. The van der Waals surface area contributed by atoms with Gasteiger partial charge < -0.3 is 10.6 Å². The molecular weight excluding hydrogens is 438 g/mol. The number of aromatic amines is 1. The van der Waals surface area contributed by atoms with Crippen LogP contribution in [0.2, 0.25) is 5.02 Å². The number of anilines is 2. The van der Waals surface area contributed by atoms with Crippen molar-refractivity contribution in [1.29, 1.82) is 0 Å². The summed E-state index contributed by atoms with van der Waals surface area (Å²) >= 11 is 6.98. The molecule has 0 aliphatic heterocycles. The molecule has 0 atom stereocenters. The fourth-order valence-corrected chi connectivity index (χ4v) is 3.63. The number of H-pyrrole nitrogens is 1. The number of aromatic nitrogens is 3. The lowest BCUT2D eigenvalue weighted by molar-refractivity contribution is -0.114. The molecule has 31 heavy (non-hydrogen) atoms. The first-order chi connectivity index (χ1) is 14.7. The van der Waals surface area contributed by atoms with Crippen molar-refractivity contribution in [3.8, 4) is 11.3 Å². The fourth-order valence-electron chi connectivity index (χ4n) is 2.80. The number of aryl methyl sites for hydroxylation is 2. The molecule has 0 fully saturated rings. The number of rotatable bonds is 6. The number of carbonyl (C=O) groups excluding carboxylic acids is 2. The number of nitrogens with one attached hydrogen (secondary N) is 3. The molecule has 10 heteroatoms. The maximum Gasteiger partial charge on any atom is 0.278 e. The summed E-state index contributed by atoms with van der Waals surface area (Å²) in [6.07, 6.45) is 0.